The zero-order chi connectivity index (χ0) is 21.4. The van der Waals surface area contributed by atoms with E-state index in [1.165, 1.54) is 0 Å². The number of ether oxygens (including phenoxy) is 1. The highest BCUT2D eigenvalue weighted by atomic mass is 35.5. The van der Waals surface area contributed by atoms with E-state index >= 15 is 4.39 Å². The van der Waals surface area contributed by atoms with Gasteiger partial charge in [0, 0.05) is 36.9 Å². The molecular weight excluding hydrogens is 395 g/mol. The first kappa shape index (κ1) is 22.8. The first-order chi connectivity index (χ1) is 13.8. The van der Waals surface area contributed by atoms with Crippen molar-refractivity contribution in [1.29, 1.82) is 0 Å². The van der Waals surface area contributed by atoms with E-state index in [4.69, 9.17) is 22.1 Å². The smallest absolute Gasteiger partial charge is 0.217 e. The van der Waals surface area contributed by atoms with Crippen molar-refractivity contribution in [1.82, 2.24) is 5.32 Å². The van der Waals surface area contributed by atoms with E-state index < -0.39 is 11.7 Å². The fourth-order valence-corrected chi connectivity index (χ4v) is 3.24. The Balaban J connectivity index is 2.13. The molecule has 5 nitrogen and oxygen atoms in total. The maximum Gasteiger partial charge on any atom is 0.217 e. The molecule has 156 valence electrons. The standard InChI is InChI=1S/C22H26ClFN2O3/c1-3-19(26-14(2)13-15(27)9-12-20(25)28)17-10-11-18(23)22(21(17)24)29-16-7-5-4-6-8-16/h4-8,10-11,14,19,26H,3,9,12-13H2,1-2H3,(H2,25,28)/t14-,19+/m0/s1. The van der Waals surface area contributed by atoms with Crippen LogP contribution in [-0.2, 0) is 9.59 Å². The molecule has 1 amide bonds. The Kier molecular flexibility index (Phi) is 8.61. The SMILES string of the molecule is CC[C@@H](N[C@@H](C)CC(=O)CCC(N)=O)c1ccc(Cl)c(Oc2ccccc2)c1F. The number of hydrogen-bond donors (Lipinski definition) is 2. The number of Topliss-reactive ketones (excluding diaryl/α,β-unsaturated/α-hetero) is 1. The Hall–Kier alpha value is -2.44. The van der Waals surface area contributed by atoms with Crippen LogP contribution in [0.3, 0.4) is 0 Å². The molecule has 2 rings (SSSR count). The van der Waals surface area contributed by atoms with Crippen LogP contribution in [0.1, 0.15) is 51.1 Å². The van der Waals surface area contributed by atoms with Crippen molar-refractivity contribution in [2.75, 3.05) is 0 Å². The lowest BCUT2D eigenvalue weighted by Crippen LogP contribution is -2.32. The lowest BCUT2D eigenvalue weighted by Gasteiger charge is -2.24. The number of carbonyl (C=O) groups excluding carboxylic acids is 2. The van der Waals surface area contributed by atoms with Gasteiger partial charge < -0.3 is 15.8 Å². The fraction of sp³-hybridized carbons (Fsp3) is 0.364. The maximum absolute atomic E-state index is 15.2. The third kappa shape index (κ3) is 6.84. The predicted octanol–water partition coefficient (Wildman–Crippen LogP) is 4.93. The molecule has 7 heteroatoms. The van der Waals surface area contributed by atoms with Crippen LogP contribution in [0.4, 0.5) is 4.39 Å². The molecule has 29 heavy (non-hydrogen) atoms. The molecule has 0 unspecified atom stereocenters. The maximum atomic E-state index is 15.2. The Labute approximate surface area is 175 Å². The number of ketones is 1. The molecule has 0 bridgehead atoms. The number of carbonyl (C=O) groups is 2. The molecule has 0 aromatic heterocycles. The van der Waals surface area contributed by atoms with Gasteiger partial charge in [-0.25, -0.2) is 4.39 Å². The second-order valence-electron chi connectivity index (χ2n) is 6.93. The highest BCUT2D eigenvalue weighted by Crippen LogP contribution is 2.36. The number of nitrogens with one attached hydrogen (secondary N) is 1. The van der Waals surface area contributed by atoms with Crippen LogP contribution in [0.2, 0.25) is 5.02 Å². The highest BCUT2D eigenvalue weighted by Gasteiger charge is 2.22. The average molecular weight is 421 g/mol. The van der Waals surface area contributed by atoms with E-state index in [0.717, 1.165) is 0 Å². The summed E-state index contributed by atoms with van der Waals surface area (Å²) in [7, 11) is 0. The van der Waals surface area contributed by atoms with Crippen molar-refractivity contribution in [2.24, 2.45) is 5.73 Å². The molecule has 0 aliphatic carbocycles. The van der Waals surface area contributed by atoms with Gasteiger partial charge in [-0.15, -0.1) is 0 Å². The number of hydrogen-bond acceptors (Lipinski definition) is 4. The minimum atomic E-state index is -0.534. The van der Waals surface area contributed by atoms with Gasteiger partial charge in [0.05, 0.1) is 5.02 Å². The third-order valence-corrected chi connectivity index (χ3v) is 4.79. The van der Waals surface area contributed by atoms with Crippen LogP contribution in [0.25, 0.3) is 0 Å². The summed E-state index contributed by atoms with van der Waals surface area (Å²) in [5, 5.41) is 3.46. The molecule has 0 fully saturated rings. The summed E-state index contributed by atoms with van der Waals surface area (Å²) in [5.41, 5.74) is 5.49. The summed E-state index contributed by atoms with van der Waals surface area (Å²) in [6.45, 7) is 3.77. The van der Waals surface area contributed by atoms with Crippen molar-refractivity contribution in [3.8, 4) is 11.5 Å². The zero-order valence-electron chi connectivity index (χ0n) is 16.6. The van der Waals surface area contributed by atoms with Gasteiger partial charge in [-0.3, -0.25) is 9.59 Å². The molecule has 2 aromatic carbocycles. The van der Waals surface area contributed by atoms with E-state index in [-0.39, 0.29) is 47.9 Å². The van der Waals surface area contributed by atoms with Crippen molar-refractivity contribution in [3.05, 3.63) is 58.9 Å². The lowest BCUT2D eigenvalue weighted by molar-refractivity contribution is -0.124. The molecule has 0 radical (unpaired) electrons. The van der Waals surface area contributed by atoms with Gasteiger partial charge in [-0.2, -0.15) is 0 Å². The molecular formula is C22H26ClFN2O3. The predicted molar refractivity (Wildman–Crippen MR) is 112 cm³/mol. The van der Waals surface area contributed by atoms with Crippen molar-refractivity contribution in [2.45, 2.75) is 51.6 Å². The third-order valence-electron chi connectivity index (χ3n) is 4.50. The van der Waals surface area contributed by atoms with E-state index in [1.807, 2.05) is 19.9 Å². The molecule has 0 aliphatic rings. The van der Waals surface area contributed by atoms with Crippen LogP contribution >= 0.6 is 11.6 Å². The van der Waals surface area contributed by atoms with Crippen molar-refractivity contribution >= 4 is 23.3 Å². The van der Waals surface area contributed by atoms with Crippen LogP contribution in [-0.4, -0.2) is 17.7 Å². The minimum Gasteiger partial charge on any atom is -0.453 e. The lowest BCUT2D eigenvalue weighted by atomic mass is 10.0. The van der Waals surface area contributed by atoms with E-state index in [9.17, 15) is 9.59 Å². The van der Waals surface area contributed by atoms with E-state index in [2.05, 4.69) is 5.32 Å². The summed E-state index contributed by atoms with van der Waals surface area (Å²) in [6, 6.07) is 11.6. The van der Waals surface area contributed by atoms with Crippen LogP contribution in [0, 0.1) is 5.82 Å². The molecule has 3 N–H and O–H groups in total. The summed E-state index contributed by atoms with van der Waals surface area (Å²) < 4.78 is 20.9. The number of rotatable bonds is 11. The van der Waals surface area contributed by atoms with Crippen molar-refractivity contribution < 1.29 is 18.7 Å². The summed E-state index contributed by atoms with van der Waals surface area (Å²) in [6.07, 6.45) is 0.979. The molecule has 0 heterocycles. The number of primary amides is 1. The summed E-state index contributed by atoms with van der Waals surface area (Å²) in [4.78, 5) is 22.8. The summed E-state index contributed by atoms with van der Waals surface area (Å²) in [5.74, 6) is -0.642. The second-order valence-corrected chi connectivity index (χ2v) is 7.34. The minimum absolute atomic E-state index is 0.0270. The van der Waals surface area contributed by atoms with Crippen molar-refractivity contribution in [3.63, 3.8) is 0 Å². The number of halogens is 2. The molecule has 2 atom stereocenters. The van der Waals surface area contributed by atoms with E-state index in [0.29, 0.717) is 17.7 Å². The first-order valence-corrected chi connectivity index (χ1v) is 9.96. The molecule has 0 saturated carbocycles. The second kappa shape index (κ2) is 10.9. The Morgan fingerprint density at radius 2 is 1.86 bits per heavy atom. The summed E-state index contributed by atoms with van der Waals surface area (Å²) >= 11 is 6.17. The average Bonchev–Trinajstić information content (AvgIpc) is 2.69. The number of nitrogens with two attached hydrogens (primary N) is 1. The van der Waals surface area contributed by atoms with Crippen LogP contribution in [0.5, 0.6) is 11.5 Å². The fourth-order valence-electron chi connectivity index (χ4n) is 3.05. The Morgan fingerprint density at radius 1 is 1.17 bits per heavy atom. The van der Waals surface area contributed by atoms with Crippen LogP contribution < -0.4 is 15.8 Å². The number of amides is 1. The highest BCUT2D eigenvalue weighted by molar-refractivity contribution is 6.32. The van der Waals surface area contributed by atoms with Crippen LogP contribution in [0.15, 0.2) is 42.5 Å². The van der Waals surface area contributed by atoms with E-state index in [1.54, 1.807) is 36.4 Å². The topological polar surface area (TPSA) is 81.4 Å². The normalized spacial score (nSPS) is 13.0. The van der Waals surface area contributed by atoms with Gasteiger partial charge >= 0.3 is 0 Å². The van der Waals surface area contributed by atoms with Gasteiger partial charge in [0.15, 0.2) is 11.6 Å². The Bertz CT molecular complexity index is 845. The van der Waals surface area contributed by atoms with Gasteiger partial charge in [-0.1, -0.05) is 42.8 Å². The van der Waals surface area contributed by atoms with Gasteiger partial charge in [0.25, 0.3) is 0 Å². The monoisotopic (exact) mass is 420 g/mol. The quantitative estimate of drug-likeness (QED) is 0.540. The van der Waals surface area contributed by atoms with Gasteiger partial charge in [-0.05, 0) is 31.5 Å². The number of para-hydroxylation sites is 1. The molecule has 0 saturated heterocycles. The largest absolute Gasteiger partial charge is 0.453 e. The molecule has 2 aromatic rings. The molecule has 0 spiro atoms. The molecule has 0 aliphatic heterocycles. The first-order valence-electron chi connectivity index (χ1n) is 9.58. The zero-order valence-corrected chi connectivity index (χ0v) is 17.3. The van der Waals surface area contributed by atoms with Gasteiger partial charge in [0.1, 0.15) is 11.5 Å². The van der Waals surface area contributed by atoms with Gasteiger partial charge in [0.2, 0.25) is 5.91 Å². The number of benzene rings is 2. The Morgan fingerprint density at radius 3 is 2.48 bits per heavy atom.